The minimum atomic E-state index is -1.31. The maximum absolute atomic E-state index is 13.9. The fourth-order valence-corrected chi connectivity index (χ4v) is 4.97. The molecule has 0 radical (unpaired) electrons. The molecule has 0 spiro atoms. The number of carboxylic acids is 1. The van der Waals surface area contributed by atoms with E-state index in [4.69, 9.17) is 5.73 Å². The molecule has 8 N–H and O–H groups in total. The van der Waals surface area contributed by atoms with E-state index in [1.807, 2.05) is 6.07 Å². The summed E-state index contributed by atoms with van der Waals surface area (Å²) in [5.74, 6) is -4.21. The fourth-order valence-electron chi connectivity index (χ4n) is 4.56. The smallest absolute Gasteiger partial charge is 0.327 e. The van der Waals surface area contributed by atoms with Crippen molar-refractivity contribution in [2.24, 2.45) is 5.73 Å². The average molecular weight is 682 g/mol. The van der Waals surface area contributed by atoms with E-state index in [1.54, 1.807) is 66.7 Å². The molecule has 3 aromatic carbocycles. The van der Waals surface area contributed by atoms with E-state index in [9.17, 15) is 34.2 Å². The highest BCUT2D eigenvalue weighted by Gasteiger charge is 2.32. The summed E-state index contributed by atoms with van der Waals surface area (Å²) in [4.78, 5) is 65.3. The Kier molecular flexibility index (Phi) is 14.6. The van der Waals surface area contributed by atoms with Gasteiger partial charge in [0.25, 0.3) is 0 Å². The van der Waals surface area contributed by atoms with Crippen molar-refractivity contribution in [3.63, 3.8) is 0 Å². The minimum Gasteiger partial charge on any atom is -0.508 e. The molecule has 0 saturated heterocycles. The van der Waals surface area contributed by atoms with Crippen LogP contribution in [0.15, 0.2) is 84.9 Å². The van der Waals surface area contributed by atoms with Crippen molar-refractivity contribution < 1.29 is 34.2 Å². The summed E-state index contributed by atoms with van der Waals surface area (Å²) in [5, 5.41) is 29.7. The number of nitrogens with one attached hydrogen (secondary N) is 4. The van der Waals surface area contributed by atoms with E-state index >= 15 is 0 Å². The molecule has 12 nitrogen and oxygen atoms in total. The zero-order chi connectivity index (χ0) is 34.3. The van der Waals surface area contributed by atoms with Crippen molar-refractivity contribution in [1.29, 1.82) is 0 Å². The topological polar surface area (TPSA) is 200 Å². The SMILES string of the molecule is N[C@@H](CS)C(=O)N[C@@H](Cc1ccccc1)C(=O)N[C@@H](Cc1ccc(O)cc1)C(=O)N[C@@H](Cc1ccccc1)C(=O)N[C@@H](CS)C(=O)O. The van der Waals surface area contributed by atoms with Crippen LogP contribution < -0.4 is 27.0 Å². The number of thiol groups is 2. The Hall–Kier alpha value is -4.53. The number of aliphatic carboxylic acids is 1. The Morgan fingerprint density at radius 3 is 1.28 bits per heavy atom. The molecule has 3 aromatic rings. The standard InChI is InChI=1S/C33H39N5O7S2/c34-24(18-46)29(40)35-25(15-20-7-3-1-4-8-20)30(41)37-27(17-22-11-13-23(39)14-12-22)31(42)36-26(16-21-9-5-2-6-10-21)32(43)38-28(19-47)33(44)45/h1-14,24-28,39,46-47H,15-19,34H2,(H,35,40)(H,36,42)(H,37,41)(H,38,43)(H,44,45)/t24-,25-,26-,27-,28-/m0/s1. The summed E-state index contributed by atoms with van der Waals surface area (Å²) in [6.45, 7) is 0. The summed E-state index contributed by atoms with van der Waals surface area (Å²) in [7, 11) is 0. The summed E-state index contributed by atoms with van der Waals surface area (Å²) in [6, 6.07) is 17.9. The first-order valence-corrected chi connectivity index (χ1v) is 16.0. The number of carboxylic acid groups (broad SMARTS) is 1. The van der Waals surface area contributed by atoms with Crippen LogP contribution in [0.3, 0.4) is 0 Å². The van der Waals surface area contributed by atoms with Gasteiger partial charge < -0.3 is 37.2 Å². The molecule has 0 heterocycles. The second-order valence-electron chi connectivity index (χ2n) is 10.8. The van der Waals surface area contributed by atoms with Gasteiger partial charge in [-0.1, -0.05) is 72.8 Å². The van der Waals surface area contributed by atoms with Crippen LogP contribution in [0.1, 0.15) is 16.7 Å². The highest BCUT2D eigenvalue weighted by molar-refractivity contribution is 7.80. The lowest BCUT2D eigenvalue weighted by atomic mass is 10.0. The second-order valence-corrected chi connectivity index (χ2v) is 11.5. The largest absolute Gasteiger partial charge is 0.508 e. The van der Waals surface area contributed by atoms with Gasteiger partial charge in [-0.15, -0.1) is 0 Å². The highest BCUT2D eigenvalue weighted by Crippen LogP contribution is 2.13. The summed E-state index contributed by atoms with van der Waals surface area (Å²) < 4.78 is 0. The van der Waals surface area contributed by atoms with Crippen molar-refractivity contribution >= 4 is 54.9 Å². The molecule has 250 valence electrons. The molecule has 4 amide bonds. The third-order valence-electron chi connectivity index (χ3n) is 7.17. The van der Waals surface area contributed by atoms with E-state index in [0.29, 0.717) is 11.1 Å². The maximum Gasteiger partial charge on any atom is 0.327 e. The number of carbonyl (C=O) groups excluding carboxylic acids is 4. The van der Waals surface area contributed by atoms with Crippen molar-refractivity contribution in [3.8, 4) is 5.75 Å². The Bertz CT molecular complexity index is 1500. The van der Waals surface area contributed by atoms with Gasteiger partial charge in [0, 0.05) is 30.8 Å². The van der Waals surface area contributed by atoms with Gasteiger partial charge in [0.2, 0.25) is 23.6 Å². The van der Waals surface area contributed by atoms with E-state index in [0.717, 1.165) is 5.56 Å². The summed E-state index contributed by atoms with van der Waals surface area (Å²) in [5.41, 5.74) is 7.86. The van der Waals surface area contributed by atoms with Crippen LogP contribution in [-0.4, -0.2) is 81.5 Å². The van der Waals surface area contributed by atoms with E-state index in [1.165, 1.54) is 12.1 Å². The molecule has 0 aliphatic rings. The Morgan fingerprint density at radius 1 is 0.553 bits per heavy atom. The van der Waals surface area contributed by atoms with E-state index in [-0.39, 0.29) is 36.5 Å². The molecule has 0 aliphatic heterocycles. The summed E-state index contributed by atoms with van der Waals surface area (Å²) in [6.07, 6.45) is 0.0597. The Balaban J connectivity index is 1.92. The van der Waals surface area contributed by atoms with Gasteiger partial charge in [0.05, 0.1) is 6.04 Å². The quantitative estimate of drug-likeness (QED) is 0.0924. The summed E-state index contributed by atoms with van der Waals surface area (Å²) >= 11 is 8.08. The fraction of sp³-hybridized carbons (Fsp3) is 0.303. The number of hydrogen-bond donors (Lipinski definition) is 9. The maximum atomic E-state index is 13.9. The molecule has 47 heavy (non-hydrogen) atoms. The molecule has 0 aliphatic carbocycles. The number of carbonyl (C=O) groups is 5. The van der Waals surface area contributed by atoms with Gasteiger partial charge in [0.1, 0.15) is 29.9 Å². The number of phenols is 1. The molecule has 3 rings (SSSR count). The average Bonchev–Trinajstić information content (AvgIpc) is 3.07. The lowest BCUT2D eigenvalue weighted by molar-refractivity contribution is -0.141. The van der Waals surface area contributed by atoms with Gasteiger partial charge in [0.15, 0.2) is 0 Å². The first kappa shape index (κ1) is 36.9. The monoisotopic (exact) mass is 681 g/mol. The first-order chi connectivity index (χ1) is 22.5. The zero-order valence-electron chi connectivity index (χ0n) is 25.4. The molecule has 5 atom stereocenters. The lowest BCUT2D eigenvalue weighted by Gasteiger charge is -2.26. The number of rotatable bonds is 17. The van der Waals surface area contributed by atoms with Crippen LogP contribution in [0.4, 0.5) is 0 Å². The second kappa shape index (κ2) is 18.6. The minimum absolute atomic E-state index is 0.00160. The number of phenolic OH excluding ortho intramolecular Hbond substituents is 1. The van der Waals surface area contributed by atoms with E-state index in [2.05, 4.69) is 46.5 Å². The van der Waals surface area contributed by atoms with Crippen LogP contribution in [0.2, 0.25) is 0 Å². The number of aromatic hydroxyl groups is 1. The van der Waals surface area contributed by atoms with Gasteiger partial charge in [-0.25, -0.2) is 4.79 Å². The van der Waals surface area contributed by atoms with E-state index < -0.39 is 59.8 Å². The third kappa shape index (κ3) is 12.0. The van der Waals surface area contributed by atoms with Gasteiger partial charge in [-0.2, -0.15) is 25.3 Å². The molecular formula is C33H39N5O7S2. The van der Waals surface area contributed by atoms with Crippen molar-refractivity contribution in [2.75, 3.05) is 11.5 Å². The third-order valence-corrected chi connectivity index (χ3v) is 7.93. The normalized spacial score (nSPS) is 14.0. The van der Waals surface area contributed by atoms with Gasteiger partial charge >= 0.3 is 5.97 Å². The number of nitrogens with two attached hydrogens (primary N) is 1. The molecule has 0 unspecified atom stereocenters. The lowest BCUT2D eigenvalue weighted by Crippen LogP contribution is -2.59. The van der Waals surface area contributed by atoms with Gasteiger partial charge in [-0.3, -0.25) is 19.2 Å². The zero-order valence-corrected chi connectivity index (χ0v) is 27.2. The van der Waals surface area contributed by atoms with Gasteiger partial charge in [-0.05, 0) is 28.8 Å². The predicted molar refractivity (Wildman–Crippen MR) is 183 cm³/mol. The number of hydrogen-bond acceptors (Lipinski definition) is 9. The predicted octanol–water partition coefficient (Wildman–Crippen LogP) is 0.631. The van der Waals surface area contributed by atoms with Crippen molar-refractivity contribution in [3.05, 3.63) is 102 Å². The molecule has 0 aromatic heterocycles. The van der Waals surface area contributed by atoms with Crippen LogP contribution in [-0.2, 0) is 43.2 Å². The molecule has 14 heteroatoms. The molecule has 0 saturated carbocycles. The van der Waals surface area contributed by atoms with Crippen molar-refractivity contribution in [1.82, 2.24) is 21.3 Å². The molecular weight excluding hydrogens is 643 g/mol. The first-order valence-electron chi connectivity index (χ1n) is 14.8. The Labute approximate surface area is 283 Å². The van der Waals surface area contributed by atoms with Crippen molar-refractivity contribution in [2.45, 2.75) is 49.5 Å². The molecule has 0 bridgehead atoms. The van der Waals surface area contributed by atoms with Crippen LogP contribution in [0, 0.1) is 0 Å². The number of benzene rings is 3. The van der Waals surface area contributed by atoms with Crippen LogP contribution >= 0.6 is 25.3 Å². The van der Waals surface area contributed by atoms with Crippen LogP contribution in [0.25, 0.3) is 0 Å². The Morgan fingerprint density at radius 2 is 0.915 bits per heavy atom. The molecule has 0 fully saturated rings. The van der Waals surface area contributed by atoms with Crippen LogP contribution in [0.5, 0.6) is 5.75 Å². The number of amides is 4. The highest BCUT2D eigenvalue weighted by atomic mass is 32.1.